The summed E-state index contributed by atoms with van der Waals surface area (Å²) >= 11 is 0. The smallest absolute Gasteiger partial charge is 0.292 e. The molecule has 1 saturated heterocycles. The first-order chi connectivity index (χ1) is 11.6. The highest BCUT2D eigenvalue weighted by Gasteiger charge is 2.30. The molecule has 24 heavy (non-hydrogen) atoms. The average Bonchev–Trinajstić information content (AvgIpc) is 3.03. The van der Waals surface area contributed by atoms with Gasteiger partial charge >= 0.3 is 0 Å². The second-order valence-electron chi connectivity index (χ2n) is 6.02. The molecule has 0 bridgehead atoms. The molecule has 0 spiro atoms. The van der Waals surface area contributed by atoms with Crippen molar-refractivity contribution >= 4 is 17.3 Å². The minimum absolute atomic E-state index is 0.0683. The summed E-state index contributed by atoms with van der Waals surface area (Å²) in [5, 5.41) is 11.0. The normalized spacial score (nSPS) is 17.0. The summed E-state index contributed by atoms with van der Waals surface area (Å²) in [4.78, 5) is 25.1. The molecular weight excluding hydrogens is 306 g/mol. The van der Waals surface area contributed by atoms with Gasteiger partial charge in [-0.3, -0.25) is 14.9 Å². The minimum Gasteiger partial charge on any atom is -0.393 e. The number of nitrogen functional groups attached to an aromatic ring is 1. The Hall–Kier alpha value is -2.89. The molecule has 2 N–H and O–H groups in total. The number of hydrogen-bond donors (Lipinski definition) is 1. The van der Waals surface area contributed by atoms with Gasteiger partial charge in [0.25, 0.3) is 11.6 Å². The van der Waals surface area contributed by atoms with Crippen LogP contribution in [0.3, 0.4) is 0 Å². The van der Waals surface area contributed by atoms with E-state index in [1.165, 1.54) is 17.7 Å². The number of hydrogen-bond acceptors (Lipinski definition) is 4. The van der Waals surface area contributed by atoms with E-state index < -0.39 is 4.92 Å². The van der Waals surface area contributed by atoms with Crippen molar-refractivity contribution in [3.05, 3.63) is 69.8 Å². The first-order valence-corrected chi connectivity index (χ1v) is 7.95. The van der Waals surface area contributed by atoms with Crippen molar-refractivity contribution in [3.8, 4) is 0 Å². The first-order valence-electron chi connectivity index (χ1n) is 7.95. The molecule has 1 atom stereocenters. The van der Waals surface area contributed by atoms with Crippen LogP contribution in [0.15, 0.2) is 48.5 Å². The topological polar surface area (TPSA) is 89.5 Å². The molecular formula is C18H19N3O3. The van der Waals surface area contributed by atoms with Gasteiger partial charge in [0.05, 0.1) is 4.92 Å². The highest BCUT2D eigenvalue weighted by molar-refractivity contribution is 5.96. The van der Waals surface area contributed by atoms with Crippen LogP contribution in [0.2, 0.25) is 0 Å². The second-order valence-corrected chi connectivity index (χ2v) is 6.02. The van der Waals surface area contributed by atoms with E-state index in [9.17, 15) is 14.9 Å². The van der Waals surface area contributed by atoms with Crippen molar-refractivity contribution < 1.29 is 9.72 Å². The minimum atomic E-state index is -0.558. The summed E-state index contributed by atoms with van der Waals surface area (Å²) in [7, 11) is 0. The average molecular weight is 325 g/mol. The summed E-state index contributed by atoms with van der Waals surface area (Å²) in [6.45, 7) is 0.675. The lowest BCUT2D eigenvalue weighted by atomic mass is 10.0. The predicted octanol–water partition coefficient (Wildman–Crippen LogP) is 3.02. The molecule has 1 amide bonds. The number of nitro groups is 1. The maximum atomic E-state index is 12.8. The fraction of sp³-hybridized carbons (Fsp3) is 0.278. The fourth-order valence-corrected chi connectivity index (χ4v) is 3.20. The lowest BCUT2D eigenvalue weighted by Crippen LogP contribution is -2.36. The summed E-state index contributed by atoms with van der Waals surface area (Å²) in [6.07, 6.45) is 2.68. The van der Waals surface area contributed by atoms with Gasteiger partial charge in [0.2, 0.25) is 0 Å². The number of nitrogens with two attached hydrogens (primary N) is 1. The zero-order chi connectivity index (χ0) is 17.1. The van der Waals surface area contributed by atoms with Gasteiger partial charge < -0.3 is 10.6 Å². The highest BCUT2D eigenvalue weighted by atomic mass is 16.6. The maximum Gasteiger partial charge on any atom is 0.292 e. The molecule has 1 aliphatic heterocycles. The molecule has 1 aliphatic rings. The second kappa shape index (κ2) is 6.70. The van der Waals surface area contributed by atoms with Crippen molar-refractivity contribution in [2.45, 2.75) is 25.3 Å². The van der Waals surface area contributed by atoms with Crippen molar-refractivity contribution in [3.63, 3.8) is 0 Å². The largest absolute Gasteiger partial charge is 0.393 e. The first kappa shape index (κ1) is 16.0. The number of benzene rings is 2. The van der Waals surface area contributed by atoms with Crippen LogP contribution in [0.1, 0.15) is 28.8 Å². The van der Waals surface area contributed by atoms with Gasteiger partial charge in [0.1, 0.15) is 5.69 Å². The standard InChI is InChI=1S/C18H19N3O3/c19-16-9-8-14(12-17(16)21(23)24)18(22)20-10-4-7-15(20)11-13-5-2-1-3-6-13/h1-3,5-6,8-9,12,15H,4,7,10-11,19H2. The summed E-state index contributed by atoms with van der Waals surface area (Å²) in [6, 6.07) is 14.4. The number of rotatable bonds is 4. The SMILES string of the molecule is Nc1ccc(C(=O)N2CCCC2Cc2ccccc2)cc1[N+](=O)[O-]. The monoisotopic (exact) mass is 325 g/mol. The van der Waals surface area contributed by atoms with Crippen LogP contribution in [0.25, 0.3) is 0 Å². The molecule has 6 nitrogen and oxygen atoms in total. The Bertz CT molecular complexity index is 761. The molecule has 1 unspecified atom stereocenters. The van der Waals surface area contributed by atoms with Crippen LogP contribution in [-0.2, 0) is 6.42 Å². The zero-order valence-electron chi connectivity index (χ0n) is 13.2. The lowest BCUT2D eigenvalue weighted by molar-refractivity contribution is -0.383. The Kier molecular flexibility index (Phi) is 4.46. The number of nitrogens with zero attached hydrogens (tertiary/aromatic N) is 2. The summed E-state index contributed by atoms with van der Waals surface area (Å²) in [5.41, 5.74) is 6.95. The molecule has 0 aromatic heterocycles. The van der Waals surface area contributed by atoms with Gasteiger partial charge in [-0.1, -0.05) is 30.3 Å². The van der Waals surface area contributed by atoms with E-state index in [-0.39, 0.29) is 23.3 Å². The van der Waals surface area contributed by atoms with Gasteiger partial charge in [-0.05, 0) is 37.0 Å². The van der Waals surface area contributed by atoms with Crippen molar-refractivity contribution in [1.29, 1.82) is 0 Å². The lowest BCUT2D eigenvalue weighted by Gasteiger charge is -2.25. The van der Waals surface area contributed by atoms with Crippen LogP contribution >= 0.6 is 0 Å². The van der Waals surface area contributed by atoms with E-state index in [1.807, 2.05) is 23.1 Å². The van der Waals surface area contributed by atoms with Gasteiger partial charge in [0, 0.05) is 24.2 Å². The predicted molar refractivity (Wildman–Crippen MR) is 91.7 cm³/mol. The number of carbonyl (C=O) groups is 1. The Labute approximate surface area is 140 Å². The molecule has 2 aromatic rings. The van der Waals surface area contributed by atoms with Crippen LogP contribution in [0.5, 0.6) is 0 Å². The number of likely N-dealkylation sites (tertiary alicyclic amines) is 1. The molecule has 2 aromatic carbocycles. The molecule has 0 radical (unpaired) electrons. The van der Waals surface area contributed by atoms with E-state index >= 15 is 0 Å². The molecule has 124 valence electrons. The molecule has 0 saturated carbocycles. The van der Waals surface area contributed by atoms with E-state index in [1.54, 1.807) is 6.07 Å². The van der Waals surface area contributed by atoms with Gasteiger partial charge in [-0.25, -0.2) is 0 Å². The number of anilines is 1. The van der Waals surface area contributed by atoms with E-state index in [0.29, 0.717) is 12.1 Å². The van der Waals surface area contributed by atoms with Crippen LogP contribution in [-0.4, -0.2) is 28.3 Å². The fourth-order valence-electron chi connectivity index (χ4n) is 3.20. The third kappa shape index (κ3) is 3.22. The van der Waals surface area contributed by atoms with E-state index in [4.69, 9.17) is 5.73 Å². The molecule has 1 fully saturated rings. The summed E-state index contributed by atoms with van der Waals surface area (Å²) < 4.78 is 0. The van der Waals surface area contributed by atoms with E-state index in [0.717, 1.165) is 19.3 Å². The maximum absolute atomic E-state index is 12.8. The van der Waals surface area contributed by atoms with Gasteiger partial charge in [0.15, 0.2) is 0 Å². The third-order valence-electron chi connectivity index (χ3n) is 4.43. The quantitative estimate of drug-likeness (QED) is 0.531. The van der Waals surface area contributed by atoms with Crippen molar-refractivity contribution in [2.24, 2.45) is 0 Å². The Morgan fingerprint density at radius 3 is 2.71 bits per heavy atom. The van der Waals surface area contributed by atoms with Gasteiger partial charge in [-0.15, -0.1) is 0 Å². The van der Waals surface area contributed by atoms with E-state index in [2.05, 4.69) is 12.1 Å². The number of carbonyl (C=O) groups excluding carboxylic acids is 1. The number of amides is 1. The third-order valence-corrected chi connectivity index (χ3v) is 4.43. The van der Waals surface area contributed by atoms with Crippen molar-refractivity contribution in [1.82, 2.24) is 4.90 Å². The van der Waals surface area contributed by atoms with Crippen LogP contribution in [0.4, 0.5) is 11.4 Å². The summed E-state index contributed by atoms with van der Waals surface area (Å²) in [5.74, 6) is -0.170. The van der Waals surface area contributed by atoms with Gasteiger partial charge in [-0.2, -0.15) is 0 Å². The molecule has 0 aliphatic carbocycles. The Balaban J connectivity index is 1.81. The Morgan fingerprint density at radius 1 is 1.25 bits per heavy atom. The molecule has 3 rings (SSSR count). The number of nitro benzene ring substituents is 1. The molecule has 1 heterocycles. The Morgan fingerprint density at radius 2 is 2.00 bits per heavy atom. The zero-order valence-corrected chi connectivity index (χ0v) is 13.2. The highest BCUT2D eigenvalue weighted by Crippen LogP contribution is 2.27. The van der Waals surface area contributed by atoms with Crippen molar-refractivity contribution in [2.75, 3.05) is 12.3 Å². The van der Waals surface area contributed by atoms with Crippen LogP contribution < -0.4 is 5.73 Å². The molecule has 6 heteroatoms. The van der Waals surface area contributed by atoms with Crippen LogP contribution in [0, 0.1) is 10.1 Å².